The van der Waals surface area contributed by atoms with Crippen LogP contribution in [0.25, 0.3) is 5.69 Å². The van der Waals surface area contributed by atoms with Crippen LogP contribution in [0.3, 0.4) is 0 Å². The van der Waals surface area contributed by atoms with Crippen LogP contribution in [-0.4, -0.2) is 25.6 Å². The lowest BCUT2D eigenvalue weighted by atomic mass is 10.1. The number of nitro benzene ring substituents is 1. The maximum atomic E-state index is 13.3. The molecule has 1 aromatic heterocycles. The van der Waals surface area contributed by atoms with E-state index in [2.05, 4.69) is 15.5 Å². The fourth-order valence-electron chi connectivity index (χ4n) is 3.25. The number of nitrogens with zero attached hydrogens (tertiary/aromatic N) is 4. The molecule has 1 amide bonds. The van der Waals surface area contributed by atoms with E-state index in [9.17, 15) is 14.9 Å². The number of aromatic nitrogens is 3. The maximum Gasteiger partial charge on any atom is 0.289 e. The topological polar surface area (TPSA) is 103 Å². The molecule has 3 aromatic carbocycles. The second-order valence-electron chi connectivity index (χ2n) is 7.09. The number of aryl methyl sites for hydroxylation is 1. The summed E-state index contributed by atoms with van der Waals surface area (Å²) in [5, 5.41) is 22.1. The number of carbonyl (C=O) groups is 1. The van der Waals surface area contributed by atoms with Gasteiger partial charge < -0.3 is 5.32 Å². The van der Waals surface area contributed by atoms with E-state index in [4.69, 9.17) is 11.6 Å². The Bertz CT molecular complexity index is 1310. The van der Waals surface area contributed by atoms with Crippen molar-refractivity contribution in [3.63, 3.8) is 0 Å². The Morgan fingerprint density at radius 2 is 1.85 bits per heavy atom. The fraction of sp³-hybridized carbons (Fsp3) is 0.0870. The van der Waals surface area contributed by atoms with Gasteiger partial charge in [-0.05, 0) is 36.2 Å². The molecule has 0 saturated heterocycles. The molecule has 0 aliphatic carbocycles. The van der Waals surface area contributed by atoms with Crippen LogP contribution in [0.1, 0.15) is 16.4 Å². The number of para-hydroxylation sites is 1. The highest BCUT2D eigenvalue weighted by atomic mass is 35.5. The van der Waals surface area contributed by atoms with E-state index in [-0.39, 0.29) is 22.3 Å². The monoisotopic (exact) mass is 479 g/mol. The Balaban J connectivity index is 1.66. The van der Waals surface area contributed by atoms with Crippen LogP contribution in [0.4, 0.5) is 11.4 Å². The third-order valence-corrected chi connectivity index (χ3v) is 6.40. The first-order valence-electron chi connectivity index (χ1n) is 9.86. The van der Waals surface area contributed by atoms with Gasteiger partial charge in [-0.2, -0.15) is 0 Å². The molecule has 0 fully saturated rings. The van der Waals surface area contributed by atoms with Gasteiger partial charge in [0.05, 0.1) is 10.6 Å². The van der Waals surface area contributed by atoms with Crippen LogP contribution in [0.5, 0.6) is 0 Å². The zero-order valence-electron chi connectivity index (χ0n) is 17.4. The summed E-state index contributed by atoms with van der Waals surface area (Å²) in [4.78, 5) is 23.9. The second kappa shape index (κ2) is 9.85. The lowest BCUT2D eigenvalue weighted by Crippen LogP contribution is -2.19. The largest absolute Gasteiger partial charge is 0.325 e. The number of carbonyl (C=O) groups excluding carboxylic acids is 1. The van der Waals surface area contributed by atoms with Gasteiger partial charge in [-0.25, -0.2) is 0 Å². The smallest absolute Gasteiger partial charge is 0.289 e. The molecule has 1 heterocycles. The maximum absolute atomic E-state index is 13.3. The van der Waals surface area contributed by atoms with Crippen LogP contribution in [-0.2, 0) is 4.79 Å². The summed E-state index contributed by atoms with van der Waals surface area (Å²) in [6.45, 7) is 1.98. The average Bonchev–Trinajstić information content (AvgIpc) is 3.27. The standard InChI is InChI=1S/C23H18ClN5O3S/c1-15-7-5-6-10-19(15)28-14-25-27-23(28)33-21(16-8-3-2-4-9-16)22(30)26-17-11-12-18(24)20(13-17)29(31)32/h2-14,21H,1H3,(H,26,30). The van der Waals surface area contributed by atoms with Crippen molar-refractivity contribution < 1.29 is 9.72 Å². The molecule has 0 aliphatic heterocycles. The molecule has 0 spiro atoms. The van der Waals surface area contributed by atoms with Gasteiger partial charge >= 0.3 is 0 Å². The van der Waals surface area contributed by atoms with Gasteiger partial charge in [0, 0.05) is 11.8 Å². The van der Waals surface area contributed by atoms with Crippen molar-refractivity contribution in [1.82, 2.24) is 14.8 Å². The molecular weight excluding hydrogens is 462 g/mol. The van der Waals surface area contributed by atoms with E-state index >= 15 is 0 Å². The number of anilines is 1. The third kappa shape index (κ3) is 5.05. The lowest BCUT2D eigenvalue weighted by Gasteiger charge is -2.17. The van der Waals surface area contributed by atoms with E-state index in [1.807, 2.05) is 66.1 Å². The molecule has 0 saturated carbocycles. The fourth-order valence-corrected chi connectivity index (χ4v) is 4.46. The quantitative estimate of drug-likeness (QED) is 0.210. The first-order valence-corrected chi connectivity index (χ1v) is 11.1. The highest BCUT2D eigenvalue weighted by molar-refractivity contribution is 8.00. The molecule has 1 atom stereocenters. The summed E-state index contributed by atoms with van der Waals surface area (Å²) in [6.07, 6.45) is 1.60. The number of benzene rings is 3. The van der Waals surface area contributed by atoms with Crippen LogP contribution in [0.15, 0.2) is 84.3 Å². The SMILES string of the molecule is Cc1ccccc1-n1cnnc1SC(C(=O)Nc1ccc(Cl)c([N+](=O)[O-])c1)c1ccccc1. The summed E-state index contributed by atoms with van der Waals surface area (Å²) in [6, 6.07) is 21.2. The molecule has 8 nitrogen and oxygen atoms in total. The number of rotatable bonds is 7. The van der Waals surface area contributed by atoms with Crippen LogP contribution >= 0.6 is 23.4 Å². The van der Waals surface area contributed by atoms with Gasteiger partial charge in [0.2, 0.25) is 5.91 Å². The summed E-state index contributed by atoms with van der Waals surface area (Å²) in [7, 11) is 0. The molecule has 33 heavy (non-hydrogen) atoms. The van der Waals surface area contributed by atoms with Crippen LogP contribution < -0.4 is 5.32 Å². The lowest BCUT2D eigenvalue weighted by molar-refractivity contribution is -0.384. The Hall–Kier alpha value is -3.69. The van der Waals surface area contributed by atoms with Gasteiger partial charge in [-0.3, -0.25) is 19.5 Å². The highest BCUT2D eigenvalue weighted by Gasteiger charge is 2.26. The van der Waals surface area contributed by atoms with Gasteiger partial charge in [-0.1, -0.05) is 71.9 Å². The third-order valence-electron chi connectivity index (χ3n) is 4.87. The Morgan fingerprint density at radius 1 is 1.12 bits per heavy atom. The van der Waals surface area contributed by atoms with Crippen molar-refractivity contribution >= 4 is 40.6 Å². The van der Waals surface area contributed by atoms with Gasteiger partial charge in [0.1, 0.15) is 16.6 Å². The molecular formula is C23H18ClN5O3S. The summed E-state index contributed by atoms with van der Waals surface area (Å²) < 4.78 is 1.83. The van der Waals surface area contributed by atoms with E-state index in [0.717, 1.165) is 16.8 Å². The van der Waals surface area contributed by atoms with E-state index in [0.29, 0.717) is 5.16 Å². The molecule has 166 valence electrons. The van der Waals surface area contributed by atoms with Crippen molar-refractivity contribution in [2.75, 3.05) is 5.32 Å². The van der Waals surface area contributed by atoms with E-state index in [1.165, 1.54) is 30.0 Å². The summed E-state index contributed by atoms with van der Waals surface area (Å²) in [5.74, 6) is -0.359. The zero-order chi connectivity index (χ0) is 23.4. The minimum absolute atomic E-state index is 0.00156. The first kappa shape index (κ1) is 22.5. The van der Waals surface area contributed by atoms with Gasteiger partial charge in [-0.15, -0.1) is 10.2 Å². The van der Waals surface area contributed by atoms with Crippen LogP contribution in [0.2, 0.25) is 5.02 Å². The number of hydrogen-bond acceptors (Lipinski definition) is 6. The van der Waals surface area contributed by atoms with Crippen molar-refractivity contribution in [3.8, 4) is 5.69 Å². The predicted molar refractivity (Wildman–Crippen MR) is 128 cm³/mol. The molecule has 1 N–H and O–H groups in total. The number of thioether (sulfide) groups is 1. The first-order chi connectivity index (χ1) is 15.9. The van der Waals surface area contributed by atoms with E-state index in [1.54, 1.807) is 6.33 Å². The highest BCUT2D eigenvalue weighted by Crippen LogP contribution is 2.37. The number of halogens is 1. The van der Waals surface area contributed by atoms with Crippen LogP contribution in [0, 0.1) is 17.0 Å². The Labute approximate surface area is 198 Å². The number of hydrogen-bond donors (Lipinski definition) is 1. The predicted octanol–water partition coefficient (Wildman–Crippen LogP) is 5.61. The van der Waals surface area contributed by atoms with Crippen molar-refractivity contribution in [2.24, 2.45) is 0 Å². The number of nitro groups is 1. The van der Waals surface area contributed by atoms with Gasteiger partial charge in [0.15, 0.2) is 5.16 Å². The van der Waals surface area contributed by atoms with Gasteiger partial charge in [0.25, 0.3) is 5.69 Å². The normalized spacial score (nSPS) is 11.7. The van der Waals surface area contributed by atoms with Crippen molar-refractivity contribution in [2.45, 2.75) is 17.3 Å². The molecule has 0 aliphatic rings. The minimum Gasteiger partial charge on any atom is -0.325 e. The van der Waals surface area contributed by atoms with Crippen molar-refractivity contribution in [3.05, 3.63) is 105 Å². The summed E-state index contributed by atoms with van der Waals surface area (Å²) in [5.41, 5.74) is 2.69. The molecule has 10 heteroatoms. The van der Waals surface area contributed by atoms with Crippen molar-refractivity contribution in [1.29, 1.82) is 0 Å². The molecule has 0 radical (unpaired) electrons. The second-order valence-corrected chi connectivity index (χ2v) is 8.57. The Kier molecular flexibility index (Phi) is 6.71. The molecule has 4 rings (SSSR count). The minimum atomic E-state index is -0.687. The number of amides is 1. The Morgan fingerprint density at radius 3 is 2.58 bits per heavy atom. The van der Waals surface area contributed by atoms with E-state index < -0.39 is 10.2 Å². The molecule has 4 aromatic rings. The zero-order valence-corrected chi connectivity index (χ0v) is 19.0. The molecule has 0 bridgehead atoms. The average molecular weight is 480 g/mol. The number of nitrogens with one attached hydrogen (secondary N) is 1. The molecule has 1 unspecified atom stereocenters. The summed E-state index contributed by atoms with van der Waals surface area (Å²) >= 11 is 7.13.